The minimum absolute atomic E-state index is 0.0971. The van der Waals surface area contributed by atoms with E-state index in [-0.39, 0.29) is 12.2 Å². The lowest BCUT2D eigenvalue weighted by Gasteiger charge is -2.09. The van der Waals surface area contributed by atoms with Crippen molar-refractivity contribution in [3.8, 4) is 0 Å². The van der Waals surface area contributed by atoms with E-state index in [0.717, 1.165) is 34.9 Å². The van der Waals surface area contributed by atoms with Crippen LogP contribution in [0, 0.1) is 0 Å². The number of benzene rings is 1. The fraction of sp³-hybridized carbons (Fsp3) is 0.308. The predicted octanol–water partition coefficient (Wildman–Crippen LogP) is 2.88. The van der Waals surface area contributed by atoms with E-state index in [1.54, 1.807) is 18.2 Å². The molecule has 2 aromatic rings. The summed E-state index contributed by atoms with van der Waals surface area (Å²) in [5, 5.41) is 0.895. The Balaban J connectivity index is 2.71. The topological polar surface area (TPSA) is 42.1 Å². The van der Waals surface area contributed by atoms with Gasteiger partial charge in [-0.15, -0.1) is 0 Å². The molecule has 1 N–H and O–H groups in total. The molecule has 4 heteroatoms. The SMILES string of the molecule is CCCc1cc(=O)[nH]c2cccc(COF)c12. The summed E-state index contributed by atoms with van der Waals surface area (Å²) in [4.78, 5) is 17.9. The molecule has 90 valence electrons. The summed E-state index contributed by atoms with van der Waals surface area (Å²) in [6.45, 7) is 1.95. The molecule has 2 rings (SSSR count). The van der Waals surface area contributed by atoms with Crippen LogP contribution in [0.3, 0.4) is 0 Å². The lowest BCUT2D eigenvalue weighted by molar-refractivity contribution is -0.143. The molecule has 1 aromatic heterocycles. The van der Waals surface area contributed by atoms with Crippen LogP contribution in [0.15, 0.2) is 29.1 Å². The molecule has 3 nitrogen and oxygen atoms in total. The quantitative estimate of drug-likeness (QED) is 0.885. The molecular weight excluding hydrogens is 221 g/mol. The van der Waals surface area contributed by atoms with Crippen molar-refractivity contribution in [2.75, 3.05) is 0 Å². The minimum atomic E-state index is -0.126. The average Bonchev–Trinajstić information content (AvgIpc) is 2.29. The fourth-order valence-corrected chi connectivity index (χ4v) is 2.13. The van der Waals surface area contributed by atoms with Gasteiger partial charge in [-0.25, -0.2) is 0 Å². The van der Waals surface area contributed by atoms with Gasteiger partial charge in [0, 0.05) is 17.0 Å². The van der Waals surface area contributed by atoms with Gasteiger partial charge < -0.3 is 4.98 Å². The molecule has 0 spiro atoms. The van der Waals surface area contributed by atoms with E-state index in [1.165, 1.54) is 0 Å². The second-order valence-corrected chi connectivity index (χ2v) is 4.00. The maximum atomic E-state index is 12.0. The largest absolute Gasteiger partial charge is 0.322 e. The monoisotopic (exact) mass is 235 g/mol. The number of H-pyrrole nitrogens is 1. The Bertz CT molecular complexity index is 577. The van der Waals surface area contributed by atoms with Gasteiger partial charge in [-0.3, -0.25) is 4.79 Å². The zero-order chi connectivity index (χ0) is 12.3. The van der Waals surface area contributed by atoms with Crippen LogP contribution in [0.1, 0.15) is 24.5 Å². The van der Waals surface area contributed by atoms with Crippen molar-refractivity contribution in [3.05, 3.63) is 45.7 Å². The first-order valence-electron chi connectivity index (χ1n) is 5.63. The zero-order valence-corrected chi connectivity index (χ0v) is 9.63. The number of pyridine rings is 1. The van der Waals surface area contributed by atoms with E-state index in [9.17, 15) is 9.32 Å². The molecule has 0 aliphatic rings. The van der Waals surface area contributed by atoms with Crippen molar-refractivity contribution < 1.29 is 9.47 Å². The maximum absolute atomic E-state index is 12.0. The van der Waals surface area contributed by atoms with Gasteiger partial charge in [0.2, 0.25) is 5.56 Å². The van der Waals surface area contributed by atoms with Gasteiger partial charge in [-0.1, -0.05) is 25.5 Å². The van der Waals surface area contributed by atoms with Crippen molar-refractivity contribution in [2.24, 2.45) is 0 Å². The number of hydrogen-bond acceptors (Lipinski definition) is 2. The summed E-state index contributed by atoms with van der Waals surface area (Å²) in [5.74, 6) is 0. The van der Waals surface area contributed by atoms with E-state index < -0.39 is 0 Å². The number of hydrogen-bond donors (Lipinski definition) is 1. The Kier molecular flexibility index (Phi) is 3.54. The number of nitrogens with one attached hydrogen (secondary N) is 1. The summed E-state index contributed by atoms with van der Waals surface area (Å²) in [6, 6.07) is 6.98. The molecule has 0 fully saturated rings. The molecule has 1 heterocycles. The normalized spacial score (nSPS) is 10.9. The molecule has 0 bridgehead atoms. The van der Waals surface area contributed by atoms with Crippen LogP contribution >= 0.6 is 0 Å². The number of aromatic nitrogens is 1. The van der Waals surface area contributed by atoms with Gasteiger partial charge in [0.15, 0.2) is 0 Å². The predicted molar refractivity (Wildman–Crippen MR) is 64.5 cm³/mol. The highest BCUT2D eigenvalue weighted by molar-refractivity contribution is 5.85. The number of aryl methyl sites for hydroxylation is 1. The molecule has 0 aliphatic heterocycles. The first-order valence-corrected chi connectivity index (χ1v) is 5.63. The molecule has 17 heavy (non-hydrogen) atoms. The standard InChI is InChI=1S/C13H14FNO2/c1-2-4-9-7-12(16)15-11-6-3-5-10(8-17-14)13(9)11/h3,5-7H,2,4,8H2,1H3,(H,15,16). The number of rotatable bonds is 4. The summed E-state index contributed by atoms with van der Waals surface area (Å²) < 4.78 is 12.0. The number of halogens is 1. The maximum Gasteiger partial charge on any atom is 0.248 e. The molecule has 0 radical (unpaired) electrons. The van der Waals surface area contributed by atoms with E-state index in [0.29, 0.717) is 0 Å². The third-order valence-corrected chi connectivity index (χ3v) is 2.76. The van der Waals surface area contributed by atoms with Crippen LogP contribution in [0.25, 0.3) is 10.9 Å². The van der Waals surface area contributed by atoms with E-state index in [4.69, 9.17) is 0 Å². The summed E-state index contributed by atoms with van der Waals surface area (Å²) in [5.41, 5.74) is 2.30. The van der Waals surface area contributed by atoms with E-state index in [1.807, 2.05) is 13.0 Å². The molecule has 0 atom stereocenters. The highest BCUT2D eigenvalue weighted by Crippen LogP contribution is 2.22. The van der Waals surface area contributed by atoms with Crippen LogP contribution in [0.2, 0.25) is 0 Å². The lowest BCUT2D eigenvalue weighted by atomic mass is 10.0. The van der Waals surface area contributed by atoms with E-state index >= 15 is 0 Å². The van der Waals surface area contributed by atoms with Crippen molar-refractivity contribution in [1.82, 2.24) is 4.98 Å². The molecule has 0 saturated carbocycles. The lowest BCUT2D eigenvalue weighted by Crippen LogP contribution is -2.08. The summed E-state index contributed by atoms with van der Waals surface area (Å²) >= 11 is 0. The molecule has 0 unspecified atom stereocenters. The third kappa shape index (κ3) is 2.36. The zero-order valence-electron chi connectivity index (χ0n) is 9.63. The number of fused-ring (bicyclic) bond motifs is 1. The molecule has 0 aliphatic carbocycles. The fourth-order valence-electron chi connectivity index (χ4n) is 2.13. The van der Waals surface area contributed by atoms with Gasteiger partial charge >= 0.3 is 0 Å². The summed E-state index contributed by atoms with van der Waals surface area (Å²) in [6.07, 6.45) is 1.73. The van der Waals surface area contributed by atoms with Gasteiger partial charge in [0.25, 0.3) is 0 Å². The van der Waals surface area contributed by atoms with Crippen molar-refractivity contribution in [2.45, 2.75) is 26.4 Å². The van der Waals surface area contributed by atoms with Gasteiger partial charge in [0.1, 0.15) is 6.61 Å². The highest BCUT2D eigenvalue weighted by atomic mass is 19.3. The Morgan fingerprint density at radius 3 is 2.88 bits per heavy atom. The Morgan fingerprint density at radius 1 is 1.35 bits per heavy atom. The molecule has 0 saturated heterocycles. The minimum Gasteiger partial charge on any atom is -0.322 e. The second-order valence-electron chi connectivity index (χ2n) is 4.00. The smallest absolute Gasteiger partial charge is 0.248 e. The first-order chi connectivity index (χ1) is 8.26. The first kappa shape index (κ1) is 11.8. The van der Waals surface area contributed by atoms with Crippen molar-refractivity contribution >= 4 is 10.9 Å². The molecular formula is C13H14FNO2. The van der Waals surface area contributed by atoms with Crippen LogP contribution in [0.4, 0.5) is 4.53 Å². The van der Waals surface area contributed by atoms with Gasteiger partial charge in [-0.05, 0) is 28.1 Å². The Labute approximate surface area is 98.1 Å². The van der Waals surface area contributed by atoms with Crippen LogP contribution in [-0.2, 0) is 18.0 Å². The van der Waals surface area contributed by atoms with Gasteiger partial charge in [0.05, 0.1) is 0 Å². The van der Waals surface area contributed by atoms with Crippen LogP contribution in [-0.4, -0.2) is 4.98 Å². The summed E-state index contributed by atoms with van der Waals surface area (Å²) in [7, 11) is 0. The van der Waals surface area contributed by atoms with Crippen LogP contribution in [0.5, 0.6) is 0 Å². The number of aromatic amines is 1. The van der Waals surface area contributed by atoms with Gasteiger partial charge in [-0.2, -0.15) is 4.94 Å². The Morgan fingerprint density at radius 2 is 2.18 bits per heavy atom. The highest BCUT2D eigenvalue weighted by Gasteiger charge is 2.08. The average molecular weight is 235 g/mol. The second kappa shape index (κ2) is 5.10. The van der Waals surface area contributed by atoms with Crippen molar-refractivity contribution in [3.63, 3.8) is 0 Å². The third-order valence-electron chi connectivity index (χ3n) is 2.76. The van der Waals surface area contributed by atoms with Crippen LogP contribution < -0.4 is 5.56 Å². The van der Waals surface area contributed by atoms with Crippen molar-refractivity contribution in [1.29, 1.82) is 0 Å². The Hall–Kier alpha value is -1.68. The molecule has 1 aromatic carbocycles. The van der Waals surface area contributed by atoms with E-state index in [2.05, 4.69) is 9.93 Å². The molecule has 0 amide bonds.